The summed E-state index contributed by atoms with van der Waals surface area (Å²) in [6.45, 7) is 5.14. The summed E-state index contributed by atoms with van der Waals surface area (Å²) in [7, 11) is 1.72. The van der Waals surface area contributed by atoms with Gasteiger partial charge in [-0.2, -0.15) is 0 Å². The van der Waals surface area contributed by atoms with E-state index >= 15 is 0 Å². The van der Waals surface area contributed by atoms with Crippen molar-refractivity contribution in [3.05, 3.63) is 35.4 Å². The summed E-state index contributed by atoms with van der Waals surface area (Å²) < 4.78 is 5.08. The van der Waals surface area contributed by atoms with Gasteiger partial charge in [0.25, 0.3) is 0 Å². The van der Waals surface area contributed by atoms with Gasteiger partial charge in [-0.1, -0.05) is 38.1 Å². The molecule has 0 bridgehead atoms. The molecule has 0 amide bonds. The van der Waals surface area contributed by atoms with Gasteiger partial charge in [0.1, 0.15) is 0 Å². The largest absolute Gasteiger partial charge is 0.380 e. The van der Waals surface area contributed by atoms with E-state index in [1.54, 1.807) is 7.11 Å². The number of hydrogen-bond acceptors (Lipinski definition) is 2. The van der Waals surface area contributed by atoms with Crippen LogP contribution < -0.4 is 5.73 Å². The van der Waals surface area contributed by atoms with E-state index in [4.69, 9.17) is 10.5 Å². The van der Waals surface area contributed by atoms with Crippen LogP contribution in [0.1, 0.15) is 30.9 Å². The first-order chi connectivity index (χ1) is 7.07. The highest BCUT2D eigenvalue weighted by Gasteiger charge is 2.55. The second-order valence-electron chi connectivity index (χ2n) is 5.00. The highest BCUT2D eigenvalue weighted by molar-refractivity contribution is 5.35. The molecule has 2 N–H and O–H groups in total. The predicted molar refractivity (Wildman–Crippen MR) is 61.7 cm³/mol. The molecule has 1 saturated carbocycles. The van der Waals surface area contributed by atoms with E-state index in [-0.39, 0.29) is 5.41 Å². The SMILES string of the molecule is COCc1ccc(C2C(N)C2(C)C)cc1. The Morgan fingerprint density at radius 1 is 1.27 bits per heavy atom. The monoisotopic (exact) mass is 205 g/mol. The minimum Gasteiger partial charge on any atom is -0.380 e. The highest BCUT2D eigenvalue weighted by Crippen LogP contribution is 2.57. The first-order valence-corrected chi connectivity index (χ1v) is 5.40. The topological polar surface area (TPSA) is 35.2 Å². The van der Waals surface area contributed by atoms with Crippen molar-refractivity contribution in [2.75, 3.05) is 7.11 Å². The van der Waals surface area contributed by atoms with Crippen LogP contribution in [-0.2, 0) is 11.3 Å². The average molecular weight is 205 g/mol. The lowest BCUT2D eigenvalue weighted by atomic mass is 10.0. The number of benzene rings is 1. The molecular weight excluding hydrogens is 186 g/mol. The summed E-state index contributed by atoms with van der Waals surface area (Å²) in [5.41, 5.74) is 8.88. The van der Waals surface area contributed by atoms with Crippen LogP contribution in [0.25, 0.3) is 0 Å². The van der Waals surface area contributed by atoms with Crippen LogP contribution in [-0.4, -0.2) is 13.2 Å². The maximum atomic E-state index is 6.05. The van der Waals surface area contributed by atoms with Crippen LogP contribution in [0.5, 0.6) is 0 Å². The summed E-state index contributed by atoms with van der Waals surface area (Å²) >= 11 is 0. The fraction of sp³-hybridized carbons (Fsp3) is 0.538. The molecule has 2 rings (SSSR count). The Morgan fingerprint density at radius 2 is 1.80 bits per heavy atom. The molecule has 15 heavy (non-hydrogen) atoms. The van der Waals surface area contributed by atoms with Crippen molar-refractivity contribution in [1.82, 2.24) is 0 Å². The standard InChI is InChI=1S/C13H19NO/c1-13(2)11(12(13)14)10-6-4-9(5-7-10)8-15-3/h4-7,11-12H,8,14H2,1-3H3. The zero-order chi connectivity index (χ0) is 11.1. The quantitative estimate of drug-likeness (QED) is 0.821. The second-order valence-corrected chi connectivity index (χ2v) is 5.00. The maximum Gasteiger partial charge on any atom is 0.0713 e. The van der Waals surface area contributed by atoms with Gasteiger partial charge in [0.2, 0.25) is 0 Å². The molecule has 2 heteroatoms. The Labute approximate surface area is 91.4 Å². The van der Waals surface area contributed by atoms with Gasteiger partial charge in [-0.3, -0.25) is 0 Å². The summed E-state index contributed by atoms with van der Waals surface area (Å²) in [6.07, 6.45) is 0. The zero-order valence-corrected chi connectivity index (χ0v) is 9.66. The molecule has 1 fully saturated rings. The van der Waals surface area contributed by atoms with Crippen molar-refractivity contribution in [2.24, 2.45) is 11.1 Å². The van der Waals surface area contributed by atoms with E-state index in [2.05, 4.69) is 38.1 Å². The van der Waals surface area contributed by atoms with Gasteiger partial charge in [0.05, 0.1) is 6.61 Å². The van der Waals surface area contributed by atoms with Crippen molar-refractivity contribution in [3.63, 3.8) is 0 Å². The maximum absolute atomic E-state index is 6.05. The summed E-state index contributed by atoms with van der Waals surface area (Å²) in [6, 6.07) is 8.91. The van der Waals surface area contributed by atoms with E-state index in [1.165, 1.54) is 11.1 Å². The molecule has 82 valence electrons. The smallest absolute Gasteiger partial charge is 0.0713 e. The summed E-state index contributed by atoms with van der Waals surface area (Å²) in [4.78, 5) is 0. The van der Waals surface area contributed by atoms with Crippen molar-refractivity contribution < 1.29 is 4.74 Å². The van der Waals surface area contributed by atoms with Crippen molar-refractivity contribution in [1.29, 1.82) is 0 Å². The van der Waals surface area contributed by atoms with Gasteiger partial charge in [-0.05, 0) is 16.5 Å². The molecule has 2 atom stereocenters. The molecule has 0 saturated heterocycles. The Hall–Kier alpha value is -0.860. The van der Waals surface area contributed by atoms with Crippen molar-refractivity contribution >= 4 is 0 Å². The van der Waals surface area contributed by atoms with E-state index in [1.807, 2.05) is 0 Å². The lowest BCUT2D eigenvalue weighted by Gasteiger charge is -2.04. The van der Waals surface area contributed by atoms with Crippen LogP contribution in [0.15, 0.2) is 24.3 Å². The molecular formula is C13H19NO. The van der Waals surface area contributed by atoms with Crippen LogP contribution in [0.2, 0.25) is 0 Å². The molecule has 0 aromatic heterocycles. The molecule has 0 aliphatic heterocycles. The van der Waals surface area contributed by atoms with E-state index in [0.29, 0.717) is 18.6 Å². The number of methoxy groups -OCH3 is 1. The van der Waals surface area contributed by atoms with E-state index in [0.717, 1.165) is 0 Å². The van der Waals surface area contributed by atoms with Gasteiger partial charge < -0.3 is 10.5 Å². The number of hydrogen-bond donors (Lipinski definition) is 1. The number of ether oxygens (including phenoxy) is 1. The lowest BCUT2D eigenvalue weighted by Crippen LogP contribution is -2.06. The second kappa shape index (κ2) is 3.62. The van der Waals surface area contributed by atoms with E-state index in [9.17, 15) is 0 Å². The minimum absolute atomic E-state index is 0.267. The third-order valence-electron chi connectivity index (χ3n) is 3.56. The fourth-order valence-corrected chi connectivity index (χ4v) is 2.30. The molecule has 2 unspecified atom stereocenters. The Balaban J connectivity index is 2.12. The van der Waals surface area contributed by atoms with Crippen LogP contribution in [0.4, 0.5) is 0 Å². The average Bonchev–Trinajstić information content (AvgIpc) is 2.69. The van der Waals surface area contributed by atoms with Crippen molar-refractivity contribution in [3.8, 4) is 0 Å². The Kier molecular flexibility index (Phi) is 2.57. The Bertz CT molecular complexity index is 342. The molecule has 1 aliphatic carbocycles. The predicted octanol–water partition coefficient (Wildman–Crippen LogP) is 2.28. The molecule has 1 aromatic rings. The van der Waals surface area contributed by atoms with E-state index < -0.39 is 0 Å². The van der Waals surface area contributed by atoms with Crippen molar-refractivity contribution in [2.45, 2.75) is 32.4 Å². The molecule has 1 aliphatic rings. The number of nitrogens with two attached hydrogens (primary N) is 1. The van der Waals surface area contributed by atoms with Crippen LogP contribution >= 0.6 is 0 Å². The van der Waals surface area contributed by atoms with Gasteiger partial charge in [0, 0.05) is 19.1 Å². The van der Waals surface area contributed by atoms with Crippen LogP contribution in [0, 0.1) is 5.41 Å². The first kappa shape index (κ1) is 10.7. The van der Waals surface area contributed by atoms with Gasteiger partial charge >= 0.3 is 0 Å². The highest BCUT2D eigenvalue weighted by atomic mass is 16.5. The molecule has 1 aromatic carbocycles. The number of rotatable bonds is 3. The van der Waals surface area contributed by atoms with Gasteiger partial charge in [-0.15, -0.1) is 0 Å². The normalized spacial score (nSPS) is 27.7. The third kappa shape index (κ3) is 1.80. The lowest BCUT2D eigenvalue weighted by molar-refractivity contribution is 0.185. The minimum atomic E-state index is 0.267. The van der Waals surface area contributed by atoms with Gasteiger partial charge in [-0.25, -0.2) is 0 Å². The summed E-state index contributed by atoms with van der Waals surface area (Å²) in [5.74, 6) is 0.522. The third-order valence-corrected chi connectivity index (χ3v) is 3.56. The Morgan fingerprint density at radius 3 is 2.20 bits per heavy atom. The summed E-state index contributed by atoms with van der Waals surface area (Å²) in [5, 5.41) is 0. The van der Waals surface area contributed by atoms with Gasteiger partial charge in [0.15, 0.2) is 0 Å². The molecule has 0 heterocycles. The zero-order valence-electron chi connectivity index (χ0n) is 9.66. The molecule has 0 spiro atoms. The first-order valence-electron chi connectivity index (χ1n) is 5.40. The molecule has 0 radical (unpaired) electrons. The fourth-order valence-electron chi connectivity index (χ4n) is 2.30. The van der Waals surface area contributed by atoms with Crippen LogP contribution in [0.3, 0.4) is 0 Å². The molecule has 2 nitrogen and oxygen atoms in total.